The van der Waals surface area contributed by atoms with E-state index >= 15 is 0 Å². The number of nitrogens with one attached hydrogen (secondary N) is 2. The van der Waals surface area contributed by atoms with Crippen LogP contribution in [0.4, 0.5) is 4.39 Å². The minimum atomic E-state index is -0.443. The van der Waals surface area contributed by atoms with E-state index in [1.54, 1.807) is 18.2 Å². The number of amides is 1. The molecule has 0 atom stereocenters. The molecule has 1 aliphatic heterocycles. The fraction of sp³-hybridized carbons (Fsp3) is 0.318. The van der Waals surface area contributed by atoms with Crippen molar-refractivity contribution in [3.8, 4) is 5.75 Å². The minimum absolute atomic E-state index is 0.151. The van der Waals surface area contributed by atoms with Crippen LogP contribution in [0.5, 0.6) is 5.75 Å². The van der Waals surface area contributed by atoms with Gasteiger partial charge in [0.05, 0.1) is 20.2 Å². The lowest BCUT2D eigenvalue weighted by atomic mass is 10.0. The Morgan fingerprint density at radius 3 is 2.61 bits per heavy atom. The Bertz CT molecular complexity index is 831. The van der Waals surface area contributed by atoms with Gasteiger partial charge in [-0.05, 0) is 35.9 Å². The maximum atomic E-state index is 13.7. The standard InChI is InChI=1S/C22H24ClFN2O2/c1-28-21-8-4-16(14-20(21)24)5-9-22(27)25-19-10-12-26(13-11-19)15-17-2-6-18(23)7-3-17/h2-9,14,19H,10-13,15H2,1H3,(H,25,27)/p+1/b9-5+. The van der Waals surface area contributed by atoms with E-state index in [0.29, 0.717) is 5.56 Å². The third kappa shape index (κ3) is 5.81. The quantitative estimate of drug-likeness (QED) is 0.728. The molecule has 0 aromatic heterocycles. The Hall–Kier alpha value is -2.37. The van der Waals surface area contributed by atoms with Crippen molar-refractivity contribution in [1.82, 2.24) is 5.32 Å². The van der Waals surface area contributed by atoms with Crippen LogP contribution in [0.25, 0.3) is 6.08 Å². The molecule has 0 aliphatic carbocycles. The molecule has 3 rings (SSSR count). The van der Waals surface area contributed by atoms with Crippen LogP contribution in [0.3, 0.4) is 0 Å². The molecule has 148 valence electrons. The summed E-state index contributed by atoms with van der Waals surface area (Å²) in [6.45, 7) is 3.00. The van der Waals surface area contributed by atoms with Gasteiger partial charge in [0.1, 0.15) is 6.54 Å². The van der Waals surface area contributed by atoms with E-state index in [0.717, 1.165) is 37.5 Å². The lowest BCUT2D eigenvalue weighted by Crippen LogP contribution is -3.12. The number of ether oxygens (including phenoxy) is 1. The zero-order valence-electron chi connectivity index (χ0n) is 15.9. The molecular formula is C22H25ClFN2O2+. The molecule has 1 aliphatic rings. The predicted molar refractivity (Wildman–Crippen MR) is 109 cm³/mol. The van der Waals surface area contributed by atoms with Gasteiger partial charge in [0.2, 0.25) is 5.91 Å². The Morgan fingerprint density at radius 2 is 1.96 bits per heavy atom. The molecule has 1 saturated heterocycles. The number of carbonyl (C=O) groups excluding carboxylic acids is 1. The van der Waals surface area contributed by atoms with Crippen molar-refractivity contribution in [2.24, 2.45) is 0 Å². The minimum Gasteiger partial charge on any atom is -0.494 e. The largest absolute Gasteiger partial charge is 0.494 e. The van der Waals surface area contributed by atoms with E-state index in [1.807, 2.05) is 12.1 Å². The third-order valence-corrected chi connectivity index (χ3v) is 5.26. The van der Waals surface area contributed by atoms with Gasteiger partial charge in [-0.25, -0.2) is 4.39 Å². The summed E-state index contributed by atoms with van der Waals surface area (Å²) in [6, 6.07) is 12.8. The highest BCUT2D eigenvalue weighted by molar-refractivity contribution is 6.30. The first kappa shape index (κ1) is 20.4. The van der Waals surface area contributed by atoms with Crippen LogP contribution in [-0.4, -0.2) is 32.1 Å². The van der Waals surface area contributed by atoms with Gasteiger partial charge in [0, 0.05) is 35.5 Å². The predicted octanol–water partition coefficient (Wildman–Crippen LogP) is 2.86. The zero-order chi connectivity index (χ0) is 19.9. The maximum absolute atomic E-state index is 13.7. The van der Waals surface area contributed by atoms with Crippen LogP contribution < -0.4 is 15.0 Å². The molecule has 2 aromatic carbocycles. The number of hydrogen-bond acceptors (Lipinski definition) is 2. The summed E-state index contributed by atoms with van der Waals surface area (Å²) >= 11 is 5.93. The normalized spacial score (nSPS) is 19.5. The van der Waals surface area contributed by atoms with E-state index in [9.17, 15) is 9.18 Å². The van der Waals surface area contributed by atoms with Crippen molar-refractivity contribution in [2.75, 3.05) is 20.2 Å². The van der Waals surface area contributed by atoms with Crippen LogP contribution in [0.15, 0.2) is 48.5 Å². The first-order valence-corrected chi connectivity index (χ1v) is 9.81. The molecular weight excluding hydrogens is 379 g/mol. The van der Waals surface area contributed by atoms with Crippen LogP contribution >= 0.6 is 11.6 Å². The molecule has 4 nitrogen and oxygen atoms in total. The molecule has 0 spiro atoms. The summed E-state index contributed by atoms with van der Waals surface area (Å²) in [7, 11) is 1.42. The Labute approximate surface area is 169 Å². The van der Waals surface area contributed by atoms with E-state index < -0.39 is 5.82 Å². The Balaban J connectivity index is 1.44. The molecule has 2 N–H and O–H groups in total. The summed E-state index contributed by atoms with van der Waals surface area (Å²) in [5.41, 5.74) is 1.90. The van der Waals surface area contributed by atoms with Gasteiger partial charge in [0.15, 0.2) is 11.6 Å². The number of carbonyl (C=O) groups is 1. The Morgan fingerprint density at radius 1 is 1.25 bits per heavy atom. The summed E-state index contributed by atoms with van der Waals surface area (Å²) in [5, 5.41) is 3.80. The summed E-state index contributed by atoms with van der Waals surface area (Å²) < 4.78 is 18.6. The summed E-state index contributed by atoms with van der Waals surface area (Å²) in [5.74, 6) is -0.405. The summed E-state index contributed by atoms with van der Waals surface area (Å²) in [4.78, 5) is 13.7. The second kappa shape index (κ2) is 9.71. The van der Waals surface area contributed by atoms with Crippen molar-refractivity contribution in [3.05, 3.63) is 70.5 Å². The topological polar surface area (TPSA) is 42.8 Å². The first-order chi connectivity index (χ1) is 13.5. The van der Waals surface area contributed by atoms with Crippen molar-refractivity contribution in [1.29, 1.82) is 0 Å². The number of piperidine rings is 1. The van der Waals surface area contributed by atoms with Gasteiger partial charge >= 0.3 is 0 Å². The number of benzene rings is 2. The second-order valence-corrected chi connectivity index (χ2v) is 7.50. The average Bonchev–Trinajstić information content (AvgIpc) is 2.70. The monoisotopic (exact) mass is 403 g/mol. The summed E-state index contributed by atoms with van der Waals surface area (Å²) in [6.07, 6.45) is 4.95. The lowest BCUT2D eigenvalue weighted by molar-refractivity contribution is -0.918. The lowest BCUT2D eigenvalue weighted by Gasteiger charge is -2.29. The molecule has 2 aromatic rings. The molecule has 28 heavy (non-hydrogen) atoms. The fourth-order valence-corrected chi connectivity index (χ4v) is 3.57. The molecule has 1 fully saturated rings. The van der Waals surface area contributed by atoms with Crippen LogP contribution in [0.2, 0.25) is 5.02 Å². The third-order valence-electron chi connectivity index (χ3n) is 5.01. The Kier molecular flexibility index (Phi) is 7.06. The average molecular weight is 404 g/mol. The van der Waals surface area contributed by atoms with Crippen LogP contribution in [-0.2, 0) is 11.3 Å². The van der Waals surface area contributed by atoms with Crippen molar-refractivity contribution in [3.63, 3.8) is 0 Å². The van der Waals surface area contributed by atoms with Gasteiger partial charge in [0.25, 0.3) is 0 Å². The van der Waals surface area contributed by atoms with Gasteiger partial charge in [-0.3, -0.25) is 4.79 Å². The number of quaternary nitrogens is 1. The first-order valence-electron chi connectivity index (χ1n) is 9.43. The smallest absolute Gasteiger partial charge is 0.244 e. The molecule has 0 radical (unpaired) electrons. The maximum Gasteiger partial charge on any atom is 0.244 e. The molecule has 1 heterocycles. The fourth-order valence-electron chi connectivity index (χ4n) is 3.45. The van der Waals surface area contributed by atoms with E-state index in [4.69, 9.17) is 16.3 Å². The van der Waals surface area contributed by atoms with Crippen molar-refractivity contribution in [2.45, 2.75) is 25.4 Å². The van der Waals surface area contributed by atoms with Gasteiger partial charge in [-0.15, -0.1) is 0 Å². The van der Waals surface area contributed by atoms with Crippen molar-refractivity contribution >= 4 is 23.6 Å². The van der Waals surface area contributed by atoms with Crippen molar-refractivity contribution < 1.29 is 18.8 Å². The highest BCUT2D eigenvalue weighted by Crippen LogP contribution is 2.18. The number of likely N-dealkylation sites (tertiary alicyclic amines) is 1. The second-order valence-electron chi connectivity index (χ2n) is 7.06. The van der Waals surface area contributed by atoms with Gasteiger partial charge in [-0.2, -0.15) is 0 Å². The van der Waals surface area contributed by atoms with Gasteiger partial charge < -0.3 is 15.0 Å². The number of rotatable bonds is 6. The van der Waals surface area contributed by atoms with E-state index in [2.05, 4.69) is 17.4 Å². The molecule has 0 unspecified atom stereocenters. The number of halogens is 2. The van der Waals surface area contributed by atoms with E-state index in [-0.39, 0.29) is 17.7 Å². The highest BCUT2D eigenvalue weighted by atomic mass is 35.5. The molecule has 1 amide bonds. The number of methoxy groups -OCH3 is 1. The SMILES string of the molecule is COc1ccc(/C=C/C(=O)NC2CC[NH+](Cc3ccc(Cl)cc3)CC2)cc1F. The number of hydrogen-bond donors (Lipinski definition) is 2. The molecule has 0 bridgehead atoms. The van der Waals surface area contributed by atoms with E-state index in [1.165, 1.54) is 29.7 Å². The molecule has 0 saturated carbocycles. The van der Waals surface area contributed by atoms with Gasteiger partial charge in [-0.1, -0.05) is 29.8 Å². The van der Waals surface area contributed by atoms with Crippen LogP contribution in [0, 0.1) is 5.82 Å². The molecule has 6 heteroatoms. The van der Waals surface area contributed by atoms with Crippen LogP contribution in [0.1, 0.15) is 24.0 Å². The highest BCUT2D eigenvalue weighted by Gasteiger charge is 2.22. The zero-order valence-corrected chi connectivity index (χ0v) is 16.6.